The molecule has 14 heavy (non-hydrogen) atoms. The summed E-state index contributed by atoms with van der Waals surface area (Å²) in [5.41, 5.74) is 2.85. The van der Waals surface area contributed by atoms with Crippen LogP contribution in [0.5, 0.6) is 0 Å². The van der Waals surface area contributed by atoms with Crippen LogP contribution in [0.4, 0.5) is 0 Å². The maximum absolute atomic E-state index is 10.7. The fraction of sp³-hybridized carbons (Fsp3) is 0.444. The molecule has 1 aliphatic heterocycles. The Balaban J connectivity index is 2.02. The van der Waals surface area contributed by atoms with Crippen molar-refractivity contribution in [1.29, 1.82) is 0 Å². The van der Waals surface area contributed by atoms with Gasteiger partial charge in [-0.25, -0.2) is 0 Å². The number of carboxylic acids is 1. The normalized spacial score (nSPS) is 18.6. The van der Waals surface area contributed by atoms with Crippen molar-refractivity contribution in [2.75, 3.05) is 18.5 Å². The second kappa shape index (κ2) is 3.34. The molecule has 1 aromatic rings. The number of rotatable bonds is 4. The van der Waals surface area contributed by atoms with Gasteiger partial charge >= 0.3 is 5.97 Å². The van der Waals surface area contributed by atoms with E-state index in [2.05, 4.69) is 10.7 Å². The predicted molar refractivity (Wildman–Crippen MR) is 51.6 cm³/mol. The molecule has 0 saturated carbocycles. The van der Waals surface area contributed by atoms with E-state index in [9.17, 15) is 4.79 Å². The van der Waals surface area contributed by atoms with Crippen LogP contribution in [0.25, 0.3) is 0 Å². The van der Waals surface area contributed by atoms with E-state index in [1.807, 2.05) is 24.5 Å². The molecule has 5 heteroatoms. The third kappa shape index (κ3) is 1.72. The van der Waals surface area contributed by atoms with Crippen LogP contribution in [0.2, 0.25) is 0 Å². The molecule has 0 atom stereocenters. The molecule has 0 aliphatic carbocycles. The maximum Gasteiger partial charge on any atom is 0.305 e. The summed E-state index contributed by atoms with van der Waals surface area (Å²) in [6.07, 6.45) is 3.86. The molecule has 1 fully saturated rings. The molecule has 0 spiro atoms. The van der Waals surface area contributed by atoms with Gasteiger partial charge < -0.3 is 15.8 Å². The van der Waals surface area contributed by atoms with Crippen LogP contribution in [-0.4, -0.2) is 34.4 Å². The van der Waals surface area contributed by atoms with E-state index in [0.717, 1.165) is 0 Å². The SMILES string of the molecule is O=C(O)CC1(Nn2cccc2)CNC1. The molecule has 1 aromatic heterocycles. The number of hydrogen-bond acceptors (Lipinski definition) is 3. The Labute approximate surface area is 81.7 Å². The Morgan fingerprint density at radius 1 is 1.50 bits per heavy atom. The molecule has 0 unspecified atom stereocenters. The van der Waals surface area contributed by atoms with E-state index in [-0.39, 0.29) is 12.0 Å². The van der Waals surface area contributed by atoms with Crippen molar-refractivity contribution >= 4 is 5.97 Å². The molecule has 0 amide bonds. The molecule has 0 radical (unpaired) electrons. The smallest absolute Gasteiger partial charge is 0.305 e. The van der Waals surface area contributed by atoms with Gasteiger partial charge in [0.25, 0.3) is 0 Å². The Morgan fingerprint density at radius 2 is 2.14 bits per heavy atom. The minimum Gasteiger partial charge on any atom is -0.481 e. The van der Waals surface area contributed by atoms with E-state index < -0.39 is 5.97 Å². The van der Waals surface area contributed by atoms with E-state index in [4.69, 9.17) is 5.11 Å². The predicted octanol–water partition coefficient (Wildman–Crippen LogP) is -0.152. The van der Waals surface area contributed by atoms with Crippen molar-refractivity contribution in [3.05, 3.63) is 24.5 Å². The molecule has 0 bridgehead atoms. The summed E-state index contributed by atoms with van der Waals surface area (Å²) in [6.45, 7) is 1.38. The summed E-state index contributed by atoms with van der Waals surface area (Å²) in [4.78, 5) is 10.7. The summed E-state index contributed by atoms with van der Waals surface area (Å²) < 4.78 is 1.80. The molecule has 2 rings (SSSR count). The molecule has 2 heterocycles. The number of nitrogens with one attached hydrogen (secondary N) is 2. The Hall–Kier alpha value is -1.49. The highest BCUT2D eigenvalue weighted by molar-refractivity contribution is 5.69. The summed E-state index contributed by atoms with van der Waals surface area (Å²) in [5.74, 6) is -0.772. The first-order valence-electron chi connectivity index (χ1n) is 4.54. The average Bonchev–Trinajstić information content (AvgIpc) is 2.51. The highest BCUT2D eigenvalue weighted by Crippen LogP contribution is 2.17. The largest absolute Gasteiger partial charge is 0.481 e. The number of carbonyl (C=O) groups is 1. The summed E-state index contributed by atoms with van der Waals surface area (Å²) in [7, 11) is 0. The minimum absolute atomic E-state index is 0.137. The van der Waals surface area contributed by atoms with Crippen molar-refractivity contribution in [2.24, 2.45) is 0 Å². The van der Waals surface area contributed by atoms with Crippen LogP contribution in [0.1, 0.15) is 6.42 Å². The summed E-state index contributed by atoms with van der Waals surface area (Å²) in [5, 5.41) is 11.8. The number of hydrogen-bond donors (Lipinski definition) is 3. The van der Waals surface area contributed by atoms with E-state index in [1.54, 1.807) is 4.68 Å². The van der Waals surface area contributed by atoms with Gasteiger partial charge in [0.05, 0.1) is 12.0 Å². The molecule has 1 aliphatic rings. The molecular formula is C9H13N3O2. The van der Waals surface area contributed by atoms with Crippen molar-refractivity contribution < 1.29 is 9.90 Å². The van der Waals surface area contributed by atoms with E-state index in [1.165, 1.54) is 0 Å². The fourth-order valence-corrected chi connectivity index (χ4v) is 1.64. The maximum atomic E-state index is 10.7. The quantitative estimate of drug-likeness (QED) is 0.625. The van der Waals surface area contributed by atoms with Gasteiger partial charge in [0.2, 0.25) is 0 Å². The lowest BCUT2D eigenvalue weighted by Crippen LogP contribution is -2.66. The van der Waals surface area contributed by atoms with Crippen LogP contribution in [0.15, 0.2) is 24.5 Å². The van der Waals surface area contributed by atoms with Crippen molar-refractivity contribution in [3.63, 3.8) is 0 Å². The van der Waals surface area contributed by atoms with Crippen molar-refractivity contribution in [2.45, 2.75) is 12.0 Å². The zero-order valence-corrected chi connectivity index (χ0v) is 7.73. The Bertz CT molecular complexity index is 317. The lowest BCUT2D eigenvalue weighted by Gasteiger charge is -2.42. The van der Waals surface area contributed by atoms with Gasteiger partial charge in [-0.3, -0.25) is 9.47 Å². The minimum atomic E-state index is -0.772. The fourth-order valence-electron chi connectivity index (χ4n) is 1.64. The third-order valence-corrected chi connectivity index (χ3v) is 2.39. The molecule has 0 aromatic carbocycles. The van der Waals surface area contributed by atoms with Gasteiger partial charge in [0, 0.05) is 25.5 Å². The number of nitrogens with zero attached hydrogens (tertiary/aromatic N) is 1. The number of aliphatic carboxylic acids is 1. The van der Waals surface area contributed by atoms with Gasteiger partial charge in [0.1, 0.15) is 0 Å². The lowest BCUT2D eigenvalue weighted by molar-refractivity contribution is -0.138. The first-order valence-corrected chi connectivity index (χ1v) is 4.54. The lowest BCUT2D eigenvalue weighted by atomic mass is 9.89. The van der Waals surface area contributed by atoms with Crippen molar-refractivity contribution in [1.82, 2.24) is 9.99 Å². The van der Waals surface area contributed by atoms with Crippen LogP contribution >= 0.6 is 0 Å². The summed E-state index contributed by atoms with van der Waals surface area (Å²) in [6, 6.07) is 3.79. The van der Waals surface area contributed by atoms with Crippen LogP contribution < -0.4 is 10.7 Å². The second-order valence-corrected chi connectivity index (χ2v) is 3.66. The van der Waals surface area contributed by atoms with E-state index in [0.29, 0.717) is 13.1 Å². The monoisotopic (exact) mass is 195 g/mol. The highest BCUT2D eigenvalue weighted by atomic mass is 16.4. The van der Waals surface area contributed by atoms with Gasteiger partial charge in [-0.15, -0.1) is 0 Å². The number of carboxylic acid groups (broad SMARTS) is 1. The van der Waals surface area contributed by atoms with Gasteiger partial charge in [-0.1, -0.05) is 0 Å². The molecular weight excluding hydrogens is 182 g/mol. The third-order valence-electron chi connectivity index (χ3n) is 2.39. The zero-order valence-electron chi connectivity index (χ0n) is 7.73. The number of aromatic nitrogens is 1. The van der Waals surface area contributed by atoms with Gasteiger partial charge in [-0.2, -0.15) is 0 Å². The Kier molecular flexibility index (Phi) is 2.17. The van der Waals surface area contributed by atoms with Gasteiger partial charge in [0.15, 0.2) is 0 Å². The standard InChI is InChI=1S/C9H13N3O2/c13-8(14)5-9(6-10-7-9)11-12-3-1-2-4-12/h1-4,10-11H,5-7H2,(H,13,14). The molecule has 3 N–H and O–H groups in total. The van der Waals surface area contributed by atoms with Gasteiger partial charge in [-0.05, 0) is 12.1 Å². The molecule has 76 valence electrons. The van der Waals surface area contributed by atoms with Crippen molar-refractivity contribution in [3.8, 4) is 0 Å². The van der Waals surface area contributed by atoms with Crippen LogP contribution in [0, 0.1) is 0 Å². The first-order chi connectivity index (χ1) is 6.70. The zero-order chi connectivity index (χ0) is 10.0. The Morgan fingerprint density at radius 3 is 2.57 bits per heavy atom. The molecule has 5 nitrogen and oxygen atoms in total. The van der Waals surface area contributed by atoms with E-state index >= 15 is 0 Å². The second-order valence-electron chi connectivity index (χ2n) is 3.66. The first kappa shape index (κ1) is 9.08. The topological polar surface area (TPSA) is 66.3 Å². The summed E-state index contributed by atoms with van der Waals surface area (Å²) >= 11 is 0. The van der Waals surface area contributed by atoms with Crippen LogP contribution in [0.3, 0.4) is 0 Å². The van der Waals surface area contributed by atoms with Crippen LogP contribution in [-0.2, 0) is 4.79 Å². The molecule has 1 saturated heterocycles. The highest BCUT2D eigenvalue weighted by Gasteiger charge is 2.39. The average molecular weight is 195 g/mol.